The number of hydrogen-bond acceptors (Lipinski definition) is 7. The maximum atomic E-state index is 13.6. The molecule has 1 aliphatic rings. The summed E-state index contributed by atoms with van der Waals surface area (Å²) in [7, 11) is 0. The summed E-state index contributed by atoms with van der Waals surface area (Å²) in [4.78, 5) is 27.2. The molecule has 0 radical (unpaired) electrons. The van der Waals surface area contributed by atoms with Crippen molar-refractivity contribution in [1.29, 1.82) is 0 Å². The van der Waals surface area contributed by atoms with Crippen LogP contribution < -0.4 is 5.32 Å². The van der Waals surface area contributed by atoms with E-state index in [2.05, 4.69) is 25.5 Å². The zero-order chi connectivity index (χ0) is 22.4. The first-order valence-electron chi connectivity index (χ1n) is 10.8. The van der Waals surface area contributed by atoms with Crippen molar-refractivity contribution in [2.75, 3.05) is 0 Å². The molecular weight excluding hydrogens is 406 g/mol. The van der Waals surface area contributed by atoms with Crippen LogP contribution in [0.25, 0.3) is 16.9 Å². The first-order chi connectivity index (χ1) is 15.4. The molecule has 1 fully saturated rings. The van der Waals surface area contributed by atoms with Crippen LogP contribution in [0.5, 0.6) is 0 Å². The molecule has 0 saturated heterocycles. The van der Waals surface area contributed by atoms with E-state index in [0.29, 0.717) is 34.7 Å². The lowest BCUT2D eigenvalue weighted by Crippen LogP contribution is -2.32. The zero-order valence-electron chi connectivity index (χ0n) is 18.5. The molecule has 1 N–H and O–H groups in total. The number of carbonyl (C=O) groups excluding carboxylic acids is 1. The van der Waals surface area contributed by atoms with Crippen LogP contribution >= 0.6 is 0 Å². The minimum atomic E-state index is -0.401. The maximum absolute atomic E-state index is 13.6. The summed E-state index contributed by atoms with van der Waals surface area (Å²) in [6.07, 6.45) is 3.87. The first-order valence-corrected chi connectivity index (χ1v) is 10.8. The van der Waals surface area contributed by atoms with Gasteiger partial charge in [0.15, 0.2) is 17.3 Å². The number of aryl methyl sites for hydroxylation is 2. The van der Waals surface area contributed by atoms with Crippen LogP contribution in [0.4, 0.5) is 0 Å². The molecule has 164 valence electrons. The number of carbonyl (C=O) groups is 1. The van der Waals surface area contributed by atoms with E-state index in [1.165, 1.54) is 0 Å². The molecule has 0 aliphatic heterocycles. The number of rotatable bonds is 6. The lowest BCUT2D eigenvalue weighted by Gasteiger charge is -2.19. The van der Waals surface area contributed by atoms with Crippen molar-refractivity contribution in [3.63, 3.8) is 0 Å². The monoisotopic (exact) mass is 431 g/mol. The van der Waals surface area contributed by atoms with Gasteiger partial charge in [-0.2, -0.15) is 14.8 Å². The van der Waals surface area contributed by atoms with Crippen molar-refractivity contribution >= 4 is 16.9 Å². The normalized spacial score (nSPS) is 14.8. The van der Waals surface area contributed by atoms with E-state index < -0.39 is 6.04 Å². The summed E-state index contributed by atoms with van der Waals surface area (Å²) in [5, 5.41) is 12.4. The van der Waals surface area contributed by atoms with Gasteiger partial charge in [-0.3, -0.25) is 4.79 Å². The van der Waals surface area contributed by atoms with Gasteiger partial charge in [0.2, 0.25) is 5.89 Å². The Labute approximate surface area is 185 Å². The number of amides is 1. The fraction of sp³-hybridized carbons (Fsp3) is 0.391. The molecule has 4 heterocycles. The summed E-state index contributed by atoms with van der Waals surface area (Å²) < 4.78 is 7.07. The van der Waals surface area contributed by atoms with E-state index in [0.717, 1.165) is 29.6 Å². The van der Waals surface area contributed by atoms with Crippen LogP contribution in [-0.4, -0.2) is 35.8 Å². The van der Waals surface area contributed by atoms with Crippen molar-refractivity contribution in [2.45, 2.75) is 52.5 Å². The third-order valence-electron chi connectivity index (χ3n) is 5.70. The van der Waals surface area contributed by atoms with E-state index >= 15 is 0 Å². The van der Waals surface area contributed by atoms with Crippen LogP contribution in [0.15, 0.2) is 35.0 Å². The fourth-order valence-electron chi connectivity index (χ4n) is 3.89. The molecule has 9 nitrogen and oxygen atoms in total. The Balaban J connectivity index is 1.61. The van der Waals surface area contributed by atoms with E-state index in [-0.39, 0.29) is 11.8 Å². The number of pyridine rings is 2. The molecule has 0 bridgehead atoms. The van der Waals surface area contributed by atoms with Gasteiger partial charge in [0.05, 0.1) is 16.6 Å². The van der Waals surface area contributed by atoms with E-state index in [1.807, 2.05) is 45.0 Å². The number of fused-ring (bicyclic) bond motifs is 1. The Kier molecular flexibility index (Phi) is 4.96. The summed E-state index contributed by atoms with van der Waals surface area (Å²) in [6, 6.07) is 7.15. The summed E-state index contributed by atoms with van der Waals surface area (Å²) >= 11 is 0. The summed E-state index contributed by atoms with van der Waals surface area (Å²) in [5.41, 5.74) is 2.83. The second-order valence-corrected chi connectivity index (χ2v) is 8.63. The molecule has 1 amide bonds. The molecule has 1 atom stereocenters. The van der Waals surface area contributed by atoms with Crippen molar-refractivity contribution in [3.8, 4) is 5.82 Å². The first kappa shape index (κ1) is 20.3. The topological polar surface area (TPSA) is 112 Å². The standard InChI is InChI=1S/C23H25N7O2/c1-12(2)20(23-25-14(4)29-32-23)27-22(31)16-11-17(15-8-9-15)26-21-19(16)13(3)28-30(21)18-7-5-6-10-24-18/h5-7,10-12,15,20H,8-9H2,1-4H3,(H,27,31). The largest absolute Gasteiger partial charge is 0.340 e. The average molecular weight is 432 g/mol. The maximum Gasteiger partial charge on any atom is 0.252 e. The van der Waals surface area contributed by atoms with Gasteiger partial charge in [0.25, 0.3) is 5.91 Å². The van der Waals surface area contributed by atoms with Crippen molar-refractivity contribution in [2.24, 2.45) is 5.92 Å². The van der Waals surface area contributed by atoms with Crippen LogP contribution in [0.1, 0.15) is 72.1 Å². The molecule has 1 saturated carbocycles. The fourth-order valence-corrected chi connectivity index (χ4v) is 3.89. The SMILES string of the molecule is Cc1noc(C(NC(=O)c2cc(C3CC3)nc3c2c(C)nn3-c2ccccn2)C(C)C)n1. The second-order valence-electron chi connectivity index (χ2n) is 8.63. The van der Waals surface area contributed by atoms with Crippen molar-refractivity contribution in [3.05, 3.63) is 59.1 Å². The van der Waals surface area contributed by atoms with Crippen molar-refractivity contribution in [1.82, 2.24) is 35.2 Å². The van der Waals surface area contributed by atoms with Crippen LogP contribution in [0.3, 0.4) is 0 Å². The van der Waals surface area contributed by atoms with Gasteiger partial charge in [-0.15, -0.1) is 0 Å². The molecule has 0 spiro atoms. The highest BCUT2D eigenvalue weighted by Gasteiger charge is 2.31. The van der Waals surface area contributed by atoms with Gasteiger partial charge in [0.1, 0.15) is 6.04 Å². The average Bonchev–Trinajstić information content (AvgIpc) is 3.47. The highest BCUT2D eigenvalue weighted by molar-refractivity contribution is 6.07. The van der Waals surface area contributed by atoms with Gasteiger partial charge in [-0.1, -0.05) is 25.1 Å². The summed E-state index contributed by atoms with van der Waals surface area (Å²) in [5.74, 6) is 1.83. The molecule has 0 aromatic carbocycles. The molecule has 1 unspecified atom stereocenters. The Morgan fingerprint density at radius 2 is 2.03 bits per heavy atom. The van der Waals surface area contributed by atoms with E-state index in [1.54, 1.807) is 17.8 Å². The smallest absolute Gasteiger partial charge is 0.252 e. The third kappa shape index (κ3) is 3.63. The van der Waals surface area contributed by atoms with Gasteiger partial charge in [-0.25, -0.2) is 9.97 Å². The number of hydrogen-bond donors (Lipinski definition) is 1. The van der Waals surface area contributed by atoms with Gasteiger partial charge >= 0.3 is 0 Å². The van der Waals surface area contributed by atoms with Gasteiger partial charge in [0, 0.05) is 17.8 Å². The number of aromatic nitrogens is 6. The molecule has 5 rings (SSSR count). The molecule has 9 heteroatoms. The minimum absolute atomic E-state index is 0.0661. The zero-order valence-corrected chi connectivity index (χ0v) is 18.5. The molecule has 32 heavy (non-hydrogen) atoms. The minimum Gasteiger partial charge on any atom is -0.340 e. The number of nitrogens with one attached hydrogen (secondary N) is 1. The highest BCUT2D eigenvalue weighted by Crippen LogP contribution is 2.40. The predicted molar refractivity (Wildman–Crippen MR) is 117 cm³/mol. The van der Waals surface area contributed by atoms with Crippen molar-refractivity contribution < 1.29 is 9.32 Å². The molecule has 4 aromatic heterocycles. The molecule has 4 aromatic rings. The molecular formula is C23H25N7O2. The van der Waals surface area contributed by atoms with Crippen LogP contribution in [0, 0.1) is 19.8 Å². The van der Waals surface area contributed by atoms with E-state index in [9.17, 15) is 4.79 Å². The Bertz CT molecular complexity index is 1290. The van der Waals surface area contributed by atoms with Gasteiger partial charge < -0.3 is 9.84 Å². The van der Waals surface area contributed by atoms with E-state index in [4.69, 9.17) is 9.51 Å². The van der Waals surface area contributed by atoms with Crippen LogP contribution in [0.2, 0.25) is 0 Å². The predicted octanol–water partition coefficient (Wildman–Crippen LogP) is 3.82. The molecule has 1 aliphatic carbocycles. The third-order valence-corrected chi connectivity index (χ3v) is 5.70. The Morgan fingerprint density at radius 3 is 2.66 bits per heavy atom. The lowest BCUT2D eigenvalue weighted by atomic mass is 10.0. The van der Waals surface area contributed by atoms with Gasteiger partial charge in [-0.05, 0) is 50.8 Å². The lowest BCUT2D eigenvalue weighted by molar-refractivity contribution is 0.0915. The highest BCUT2D eigenvalue weighted by atomic mass is 16.5. The summed E-state index contributed by atoms with van der Waals surface area (Å²) in [6.45, 7) is 7.66. The second kappa shape index (κ2) is 7.81. The quantitative estimate of drug-likeness (QED) is 0.494. The Hall–Kier alpha value is -3.62. The Morgan fingerprint density at radius 1 is 1.22 bits per heavy atom. The number of nitrogens with zero attached hydrogens (tertiary/aromatic N) is 6. The van der Waals surface area contributed by atoms with Crippen LogP contribution in [-0.2, 0) is 0 Å².